The zero-order valence-electron chi connectivity index (χ0n) is 12.5. The summed E-state index contributed by atoms with van der Waals surface area (Å²) in [5.74, 6) is 1.98. The number of aliphatic hydroxyl groups excluding tert-OH is 1. The van der Waals surface area contributed by atoms with Crippen molar-refractivity contribution in [3.8, 4) is 17.2 Å². The summed E-state index contributed by atoms with van der Waals surface area (Å²) < 4.78 is 16.1. The second-order valence-corrected chi connectivity index (χ2v) is 4.76. The maximum atomic E-state index is 10.2. The molecule has 2 aromatic carbocycles. The van der Waals surface area contributed by atoms with Crippen LogP contribution in [-0.2, 0) is 0 Å². The zero-order chi connectivity index (χ0) is 15.2. The van der Waals surface area contributed by atoms with Crippen LogP contribution in [0.3, 0.4) is 0 Å². The van der Waals surface area contributed by atoms with Crippen LogP contribution >= 0.6 is 0 Å². The van der Waals surface area contributed by atoms with E-state index in [1.807, 2.05) is 43.3 Å². The van der Waals surface area contributed by atoms with Gasteiger partial charge in [0.1, 0.15) is 18.5 Å². The highest BCUT2D eigenvalue weighted by atomic mass is 16.5. The third kappa shape index (κ3) is 3.89. The summed E-state index contributed by atoms with van der Waals surface area (Å²) in [5, 5.41) is 10.2. The highest BCUT2D eigenvalue weighted by Gasteiger charge is 2.11. The number of benzene rings is 2. The van der Waals surface area contributed by atoms with E-state index >= 15 is 0 Å². The zero-order valence-corrected chi connectivity index (χ0v) is 12.5. The van der Waals surface area contributed by atoms with Gasteiger partial charge in [-0.15, -0.1) is 0 Å². The van der Waals surface area contributed by atoms with Crippen LogP contribution in [0.4, 0.5) is 0 Å². The van der Waals surface area contributed by atoms with Gasteiger partial charge in [0.15, 0.2) is 11.5 Å². The van der Waals surface area contributed by atoms with Gasteiger partial charge in [0.2, 0.25) is 0 Å². The molecule has 2 aromatic rings. The quantitative estimate of drug-likeness (QED) is 0.887. The lowest BCUT2D eigenvalue weighted by atomic mass is 10.1. The number of aliphatic hydroxyl groups is 1. The van der Waals surface area contributed by atoms with Gasteiger partial charge in [-0.3, -0.25) is 0 Å². The molecular formula is C17H20O4. The first-order valence-electron chi connectivity index (χ1n) is 6.73. The summed E-state index contributed by atoms with van der Waals surface area (Å²) in [6.07, 6.45) is -0.730. The van der Waals surface area contributed by atoms with Crippen LogP contribution in [0.2, 0.25) is 0 Å². The molecule has 0 aliphatic carbocycles. The predicted octanol–water partition coefficient (Wildman–Crippen LogP) is 3.12. The third-order valence-electron chi connectivity index (χ3n) is 3.19. The van der Waals surface area contributed by atoms with E-state index in [-0.39, 0.29) is 6.61 Å². The van der Waals surface area contributed by atoms with Crippen molar-refractivity contribution in [1.82, 2.24) is 0 Å². The number of methoxy groups -OCH3 is 2. The summed E-state index contributed by atoms with van der Waals surface area (Å²) in [5.41, 5.74) is 1.84. The standard InChI is InChI=1S/C17H20O4/c1-12-7-8-16(17(9-12)20-3)21-11-15(18)13-5-4-6-14(10-13)19-2/h4-10,15,18H,11H2,1-3H3. The van der Waals surface area contributed by atoms with Crippen molar-refractivity contribution in [2.24, 2.45) is 0 Å². The average Bonchev–Trinajstić information content (AvgIpc) is 2.53. The minimum atomic E-state index is -0.730. The summed E-state index contributed by atoms with van der Waals surface area (Å²) in [6, 6.07) is 13.0. The number of rotatable bonds is 6. The van der Waals surface area contributed by atoms with Gasteiger partial charge in [0.25, 0.3) is 0 Å². The van der Waals surface area contributed by atoms with Crippen LogP contribution in [0.15, 0.2) is 42.5 Å². The molecule has 0 aliphatic heterocycles. The molecule has 0 radical (unpaired) electrons. The molecule has 1 atom stereocenters. The Balaban J connectivity index is 2.05. The lowest BCUT2D eigenvalue weighted by Crippen LogP contribution is -2.10. The number of hydrogen-bond acceptors (Lipinski definition) is 4. The van der Waals surface area contributed by atoms with Crippen molar-refractivity contribution < 1.29 is 19.3 Å². The SMILES string of the molecule is COc1cccc(C(O)COc2ccc(C)cc2OC)c1. The second kappa shape index (κ2) is 6.99. The minimum absolute atomic E-state index is 0.145. The van der Waals surface area contributed by atoms with Gasteiger partial charge in [0.05, 0.1) is 14.2 Å². The van der Waals surface area contributed by atoms with E-state index in [0.29, 0.717) is 17.2 Å². The van der Waals surface area contributed by atoms with Gasteiger partial charge < -0.3 is 19.3 Å². The van der Waals surface area contributed by atoms with Gasteiger partial charge >= 0.3 is 0 Å². The van der Waals surface area contributed by atoms with Crippen molar-refractivity contribution in [1.29, 1.82) is 0 Å². The van der Waals surface area contributed by atoms with Crippen molar-refractivity contribution in [2.45, 2.75) is 13.0 Å². The predicted molar refractivity (Wildman–Crippen MR) is 81.2 cm³/mol. The second-order valence-electron chi connectivity index (χ2n) is 4.76. The molecule has 0 aliphatic rings. The fourth-order valence-corrected chi connectivity index (χ4v) is 2.01. The summed E-state index contributed by atoms with van der Waals surface area (Å²) in [7, 11) is 3.19. The molecule has 0 saturated carbocycles. The molecule has 0 fully saturated rings. The Labute approximate surface area is 124 Å². The fraction of sp³-hybridized carbons (Fsp3) is 0.294. The van der Waals surface area contributed by atoms with E-state index in [1.165, 1.54) is 0 Å². The molecule has 0 bridgehead atoms. The van der Waals surface area contributed by atoms with Crippen LogP contribution in [0.1, 0.15) is 17.2 Å². The van der Waals surface area contributed by atoms with Gasteiger partial charge in [-0.05, 0) is 42.3 Å². The Morgan fingerprint density at radius 2 is 1.81 bits per heavy atom. The highest BCUT2D eigenvalue weighted by Crippen LogP contribution is 2.29. The van der Waals surface area contributed by atoms with Gasteiger partial charge in [-0.1, -0.05) is 18.2 Å². The smallest absolute Gasteiger partial charge is 0.161 e. The fourth-order valence-electron chi connectivity index (χ4n) is 2.01. The first kappa shape index (κ1) is 15.2. The molecule has 0 saturated heterocycles. The lowest BCUT2D eigenvalue weighted by molar-refractivity contribution is 0.106. The molecule has 0 spiro atoms. The van der Waals surface area contributed by atoms with Crippen LogP contribution in [0, 0.1) is 6.92 Å². The molecule has 0 heterocycles. The van der Waals surface area contributed by atoms with Gasteiger partial charge in [-0.2, -0.15) is 0 Å². The maximum Gasteiger partial charge on any atom is 0.161 e. The van der Waals surface area contributed by atoms with Crippen LogP contribution in [0.5, 0.6) is 17.2 Å². The maximum absolute atomic E-state index is 10.2. The van der Waals surface area contributed by atoms with Crippen LogP contribution in [-0.4, -0.2) is 25.9 Å². The molecule has 4 heteroatoms. The van der Waals surface area contributed by atoms with E-state index in [0.717, 1.165) is 11.1 Å². The highest BCUT2D eigenvalue weighted by molar-refractivity contribution is 5.42. The molecule has 4 nitrogen and oxygen atoms in total. The first-order chi connectivity index (χ1) is 10.1. The van der Waals surface area contributed by atoms with Gasteiger partial charge in [-0.25, -0.2) is 0 Å². The Hall–Kier alpha value is -2.20. The average molecular weight is 288 g/mol. The molecule has 2 rings (SSSR count). The summed E-state index contributed by atoms with van der Waals surface area (Å²) >= 11 is 0. The normalized spacial score (nSPS) is 11.8. The lowest BCUT2D eigenvalue weighted by Gasteiger charge is -2.15. The summed E-state index contributed by atoms with van der Waals surface area (Å²) in [6.45, 7) is 2.13. The molecule has 1 N–H and O–H groups in total. The van der Waals surface area contributed by atoms with Crippen molar-refractivity contribution in [3.05, 3.63) is 53.6 Å². The molecular weight excluding hydrogens is 268 g/mol. The van der Waals surface area contributed by atoms with E-state index in [2.05, 4.69) is 0 Å². The van der Waals surface area contributed by atoms with E-state index < -0.39 is 6.10 Å². The largest absolute Gasteiger partial charge is 0.497 e. The van der Waals surface area contributed by atoms with Gasteiger partial charge in [0, 0.05) is 0 Å². The molecule has 112 valence electrons. The molecule has 21 heavy (non-hydrogen) atoms. The topological polar surface area (TPSA) is 47.9 Å². The third-order valence-corrected chi connectivity index (χ3v) is 3.19. The Kier molecular flexibility index (Phi) is 5.06. The van der Waals surface area contributed by atoms with E-state index in [4.69, 9.17) is 14.2 Å². The molecule has 1 unspecified atom stereocenters. The molecule has 0 amide bonds. The van der Waals surface area contributed by atoms with Crippen LogP contribution in [0.25, 0.3) is 0 Å². The first-order valence-corrected chi connectivity index (χ1v) is 6.73. The Morgan fingerprint density at radius 1 is 1.00 bits per heavy atom. The summed E-state index contributed by atoms with van der Waals surface area (Å²) in [4.78, 5) is 0. The number of ether oxygens (including phenoxy) is 3. The number of hydrogen-bond donors (Lipinski definition) is 1. The monoisotopic (exact) mass is 288 g/mol. The van der Waals surface area contributed by atoms with Crippen LogP contribution < -0.4 is 14.2 Å². The van der Waals surface area contributed by atoms with Crippen molar-refractivity contribution >= 4 is 0 Å². The van der Waals surface area contributed by atoms with E-state index in [1.54, 1.807) is 20.3 Å². The molecule has 0 aromatic heterocycles. The van der Waals surface area contributed by atoms with E-state index in [9.17, 15) is 5.11 Å². The minimum Gasteiger partial charge on any atom is -0.497 e. The van der Waals surface area contributed by atoms with Crippen molar-refractivity contribution in [3.63, 3.8) is 0 Å². The number of aryl methyl sites for hydroxylation is 1. The Morgan fingerprint density at radius 3 is 2.52 bits per heavy atom. The van der Waals surface area contributed by atoms with Crippen molar-refractivity contribution in [2.75, 3.05) is 20.8 Å². The Bertz CT molecular complexity index is 595.